The Balaban J connectivity index is 1.60. The van der Waals surface area contributed by atoms with E-state index in [2.05, 4.69) is 48.2 Å². The van der Waals surface area contributed by atoms with E-state index in [4.69, 9.17) is 4.74 Å². The van der Waals surface area contributed by atoms with Crippen molar-refractivity contribution in [3.8, 4) is 0 Å². The van der Waals surface area contributed by atoms with Crippen LogP contribution in [0.1, 0.15) is 17.2 Å². The summed E-state index contributed by atoms with van der Waals surface area (Å²) in [7, 11) is 0. The van der Waals surface area contributed by atoms with E-state index >= 15 is 0 Å². The van der Waals surface area contributed by atoms with Gasteiger partial charge in [0, 0.05) is 25.3 Å². The summed E-state index contributed by atoms with van der Waals surface area (Å²) < 4.78 is 5.44. The lowest BCUT2D eigenvalue weighted by molar-refractivity contribution is -0.132. The van der Waals surface area contributed by atoms with Gasteiger partial charge >= 0.3 is 0 Å². The van der Waals surface area contributed by atoms with E-state index < -0.39 is 0 Å². The SMILES string of the molecule is Cc1ccc(N2C(=O)[C@@H](CN3CCOCC3)[C@@H]2c2ccccc2)cc1. The van der Waals surface area contributed by atoms with Crippen LogP contribution in [0.2, 0.25) is 0 Å². The van der Waals surface area contributed by atoms with Crippen LogP contribution in [-0.2, 0) is 9.53 Å². The third kappa shape index (κ3) is 3.20. The first-order chi connectivity index (χ1) is 12.2. The summed E-state index contributed by atoms with van der Waals surface area (Å²) in [5, 5.41) is 0. The average molecular weight is 336 g/mol. The van der Waals surface area contributed by atoms with Gasteiger partial charge in [-0.3, -0.25) is 9.69 Å². The molecular weight excluding hydrogens is 312 g/mol. The van der Waals surface area contributed by atoms with Crippen molar-refractivity contribution in [1.82, 2.24) is 4.90 Å². The van der Waals surface area contributed by atoms with Gasteiger partial charge in [0.2, 0.25) is 5.91 Å². The molecule has 4 heteroatoms. The number of β-lactam (4-membered cyclic amide) rings is 1. The Labute approximate surface area is 149 Å². The van der Waals surface area contributed by atoms with Crippen LogP contribution in [0.3, 0.4) is 0 Å². The molecule has 2 aliphatic rings. The third-order valence-electron chi connectivity index (χ3n) is 5.23. The summed E-state index contributed by atoms with van der Waals surface area (Å²) in [6, 6.07) is 18.7. The van der Waals surface area contributed by atoms with Crippen LogP contribution in [-0.4, -0.2) is 43.7 Å². The van der Waals surface area contributed by atoms with Crippen molar-refractivity contribution in [1.29, 1.82) is 0 Å². The number of carbonyl (C=O) groups is 1. The lowest BCUT2D eigenvalue weighted by Crippen LogP contribution is -2.59. The first-order valence-electron chi connectivity index (χ1n) is 8.99. The maximum atomic E-state index is 13.0. The van der Waals surface area contributed by atoms with Crippen LogP contribution in [0.4, 0.5) is 5.69 Å². The molecular formula is C21H24N2O2. The molecule has 4 nitrogen and oxygen atoms in total. The molecule has 0 spiro atoms. The molecule has 130 valence electrons. The molecule has 0 saturated carbocycles. The molecule has 4 rings (SSSR count). The van der Waals surface area contributed by atoms with E-state index in [0.29, 0.717) is 0 Å². The molecule has 0 radical (unpaired) electrons. The van der Waals surface area contributed by atoms with E-state index in [9.17, 15) is 4.79 Å². The highest BCUT2D eigenvalue weighted by Gasteiger charge is 2.49. The largest absolute Gasteiger partial charge is 0.379 e. The number of hydrogen-bond acceptors (Lipinski definition) is 3. The van der Waals surface area contributed by atoms with Crippen LogP contribution in [0, 0.1) is 12.8 Å². The molecule has 2 fully saturated rings. The summed E-state index contributed by atoms with van der Waals surface area (Å²) in [6.07, 6.45) is 0. The zero-order valence-electron chi connectivity index (χ0n) is 14.6. The summed E-state index contributed by atoms with van der Waals surface area (Å²) in [5.74, 6) is 0.242. The number of morpholine rings is 1. The minimum absolute atomic E-state index is 0.0156. The molecule has 2 heterocycles. The quantitative estimate of drug-likeness (QED) is 0.805. The van der Waals surface area contributed by atoms with E-state index in [-0.39, 0.29) is 17.9 Å². The van der Waals surface area contributed by atoms with E-state index in [1.54, 1.807) is 0 Å². The molecule has 0 aromatic heterocycles. The van der Waals surface area contributed by atoms with Crippen molar-refractivity contribution in [2.24, 2.45) is 5.92 Å². The molecule has 0 aliphatic carbocycles. The minimum atomic E-state index is 0.0156. The van der Waals surface area contributed by atoms with Crippen molar-refractivity contribution >= 4 is 11.6 Å². The van der Waals surface area contributed by atoms with Gasteiger partial charge in [0.25, 0.3) is 0 Å². The highest BCUT2D eigenvalue weighted by molar-refractivity contribution is 6.03. The number of anilines is 1. The smallest absolute Gasteiger partial charge is 0.234 e. The van der Waals surface area contributed by atoms with Crippen LogP contribution < -0.4 is 4.90 Å². The summed E-state index contributed by atoms with van der Waals surface area (Å²) >= 11 is 0. The number of ether oxygens (including phenoxy) is 1. The lowest BCUT2D eigenvalue weighted by Gasteiger charge is -2.49. The molecule has 0 unspecified atom stereocenters. The number of carbonyl (C=O) groups excluding carboxylic acids is 1. The van der Waals surface area contributed by atoms with Crippen LogP contribution >= 0.6 is 0 Å². The fourth-order valence-electron chi connectivity index (χ4n) is 3.81. The summed E-state index contributed by atoms with van der Waals surface area (Å²) in [6.45, 7) is 6.23. The molecule has 0 N–H and O–H groups in total. The van der Waals surface area contributed by atoms with Gasteiger partial charge in [-0.05, 0) is 24.6 Å². The average Bonchev–Trinajstić information content (AvgIpc) is 2.66. The monoisotopic (exact) mass is 336 g/mol. The van der Waals surface area contributed by atoms with Gasteiger partial charge in [0.1, 0.15) is 0 Å². The van der Waals surface area contributed by atoms with Gasteiger partial charge in [-0.15, -0.1) is 0 Å². The van der Waals surface area contributed by atoms with E-state index in [1.807, 2.05) is 23.1 Å². The molecule has 25 heavy (non-hydrogen) atoms. The number of aryl methyl sites for hydroxylation is 1. The Morgan fingerprint density at radius 1 is 1.00 bits per heavy atom. The molecule has 0 bridgehead atoms. The van der Waals surface area contributed by atoms with Crippen molar-refractivity contribution < 1.29 is 9.53 Å². The number of benzene rings is 2. The number of hydrogen-bond donors (Lipinski definition) is 0. The Bertz CT molecular complexity index is 723. The van der Waals surface area contributed by atoms with Crippen molar-refractivity contribution in [3.05, 3.63) is 65.7 Å². The first kappa shape index (κ1) is 16.3. The van der Waals surface area contributed by atoms with Gasteiger partial charge in [-0.2, -0.15) is 0 Å². The second kappa shape index (κ2) is 6.98. The Hall–Kier alpha value is -2.17. The molecule has 2 aromatic carbocycles. The Morgan fingerprint density at radius 3 is 2.36 bits per heavy atom. The van der Waals surface area contributed by atoms with Gasteiger partial charge < -0.3 is 9.64 Å². The van der Waals surface area contributed by atoms with Crippen molar-refractivity contribution in [2.45, 2.75) is 13.0 Å². The topological polar surface area (TPSA) is 32.8 Å². The van der Waals surface area contributed by atoms with Crippen LogP contribution in [0.15, 0.2) is 54.6 Å². The van der Waals surface area contributed by atoms with Gasteiger partial charge in [-0.25, -0.2) is 0 Å². The third-order valence-corrected chi connectivity index (χ3v) is 5.23. The lowest BCUT2D eigenvalue weighted by atomic mass is 9.81. The predicted octanol–water partition coefficient (Wildman–Crippen LogP) is 3.03. The summed E-state index contributed by atoms with van der Waals surface area (Å²) in [4.78, 5) is 17.3. The molecule has 1 amide bonds. The van der Waals surface area contributed by atoms with Gasteiger partial charge in [-0.1, -0.05) is 48.0 Å². The molecule has 2 aromatic rings. The van der Waals surface area contributed by atoms with E-state index in [0.717, 1.165) is 38.5 Å². The second-order valence-electron chi connectivity index (χ2n) is 6.92. The fraction of sp³-hybridized carbons (Fsp3) is 0.381. The zero-order valence-corrected chi connectivity index (χ0v) is 14.6. The molecule has 2 saturated heterocycles. The minimum Gasteiger partial charge on any atom is -0.379 e. The molecule has 2 atom stereocenters. The van der Waals surface area contributed by atoms with Gasteiger partial charge in [0.15, 0.2) is 0 Å². The normalized spacial score (nSPS) is 24.2. The maximum Gasteiger partial charge on any atom is 0.234 e. The predicted molar refractivity (Wildman–Crippen MR) is 98.6 cm³/mol. The highest BCUT2D eigenvalue weighted by Crippen LogP contribution is 2.43. The van der Waals surface area contributed by atoms with E-state index in [1.165, 1.54) is 11.1 Å². The zero-order chi connectivity index (χ0) is 17.2. The number of amides is 1. The Morgan fingerprint density at radius 2 is 1.68 bits per heavy atom. The first-order valence-corrected chi connectivity index (χ1v) is 8.99. The summed E-state index contributed by atoms with van der Waals surface area (Å²) in [5.41, 5.74) is 3.40. The highest BCUT2D eigenvalue weighted by atomic mass is 16.5. The van der Waals surface area contributed by atoms with Crippen LogP contribution in [0.25, 0.3) is 0 Å². The van der Waals surface area contributed by atoms with Crippen LogP contribution in [0.5, 0.6) is 0 Å². The number of rotatable bonds is 4. The number of nitrogens with zero attached hydrogens (tertiary/aromatic N) is 2. The Kier molecular flexibility index (Phi) is 4.55. The van der Waals surface area contributed by atoms with Crippen molar-refractivity contribution in [3.63, 3.8) is 0 Å². The fourth-order valence-corrected chi connectivity index (χ4v) is 3.81. The van der Waals surface area contributed by atoms with Gasteiger partial charge in [0.05, 0.1) is 25.2 Å². The molecule has 2 aliphatic heterocycles. The maximum absolute atomic E-state index is 13.0. The standard InChI is InChI=1S/C21H24N2O2/c1-16-7-9-18(10-8-16)23-20(17-5-3-2-4-6-17)19(21(23)24)15-22-11-13-25-14-12-22/h2-10,19-20H,11-15H2,1H3/t19-,20-/m0/s1. The second-order valence-corrected chi connectivity index (χ2v) is 6.92. The van der Waals surface area contributed by atoms with Crippen molar-refractivity contribution in [2.75, 3.05) is 37.7 Å².